The van der Waals surface area contributed by atoms with E-state index in [1.165, 1.54) is 0 Å². The highest BCUT2D eigenvalue weighted by molar-refractivity contribution is 5.98. The molecule has 26 heavy (non-hydrogen) atoms. The summed E-state index contributed by atoms with van der Waals surface area (Å²) in [6, 6.07) is 10.5. The molecule has 0 aliphatic carbocycles. The second-order valence-corrected chi connectivity index (χ2v) is 5.81. The summed E-state index contributed by atoms with van der Waals surface area (Å²) in [4.78, 5) is 26.3. The zero-order valence-corrected chi connectivity index (χ0v) is 15.1. The van der Waals surface area contributed by atoms with E-state index in [4.69, 9.17) is 14.2 Å². The number of methoxy groups -OCH3 is 1. The first-order valence-corrected chi connectivity index (χ1v) is 8.53. The van der Waals surface area contributed by atoms with Crippen molar-refractivity contribution in [2.45, 2.75) is 26.8 Å². The normalized spacial score (nSPS) is 12.3. The maximum Gasteiger partial charge on any atom is 0.338 e. The number of hydrogen-bond acceptors (Lipinski definition) is 5. The molecule has 1 amide bonds. The van der Waals surface area contributed by atoms with Gasteiger partial charge in [0.15, 0.2) is 5.75 Å². The second-order valence-electron chi connectivity index (χ2n) is 5.81. The van der Waals surface area contributed by atoms with Crippen LogP contribution in [0.1, 0.15) is 36.2 Å². The largest absolute Gasteiger partial charge is 0.497 e. The van der Waals surface area contributed by atoms with E-state index in [0.29, 0.717) is 41.5 Å². The third-order valence-corrected chi connectivity index (χ3v) is 4.19. The number of fused-ring (bicyclic) bond motifs is 2. The van der Waals surface area contributed by atoms with E-state index in [9.17, 15) is 9.59 Å². The number of carbonyl (C=O) groups excluding carboxylic acids is 2. The molecule has 2 aromatic rings. The molecule has 1 aliphatic rings. The Morgan fingerprint density at radius 1 is 1.12 bits per heavy atom. The predicted molar refractivity (Wildman–Crippen MR) is 96.9 cm³/mol. The van der Waals surface area contributed by atoms with Crippen LogP contribution in [0.2, 0.25) is 0 Å². The van der Waals surface area contributed by atoms with Gasteiger partial charge in [-0.3, -0.25) is 4.79 Å². The summed E-state index contributed by atoms with van der Waals surface area (Å²) in [5, 5.41) is 0. The number of rotatable bonds is 4. The van der Waals surface area contributed by atoms with Gasteiger partial charge in [-0.05, 0) is 37.3 Å². The number of amides is 1. The molecule has 0 spiro atoms. The molecule has 0 saturated heterocycles. The van der Waals surface area contributed by atoms with Crippen LogP contribution >= 0.6 is 0 Å². The Kier molecular flexibility index (Phi) is 5.11. The Morgan fingerprint density at radius 2 is 1.92 bits per heavy atom. The minimum absolute atomic E-state index is 0.0560. The first-order chi connectivity index (χ1) is 12.6. The second kappa shape index (κ2) is 7.47. The first kappa shape index (κ1) is 17.8. The van der Waals surface area contributed by atoms with Crippen LogP contribution in [0.3, 0.4) is 0 Å². The van der Waals surface area contributed by atoms with E-state index in [1.54, 1.807) is 50.1 Å². The Balaban J connectivity index is 2.09. The van der Waals surface area contributed by atoms with Crippen LogP contribution in [0.5, 0.6) is 17.2 Å². The summed E-state index contributed by atoms with van der Waals surface area (Å²) >= 11 is 0. The lowest BCUT2D eigenvalue weighted by Gasteiger charge is -2.22. The van der Waals surface area contributed by atoms with Gasteiger partial charge in [-0.15, -0.1) is 0 Å². The number of benzene rings is 2. The summed E-state index contributed by atoms with van der Waals surface area (Å²) in [6.07, 6.45) is 0.342. The lowest BCUT2D eigenvalue weighted by Crippen LogP contribution is -2.29. The molecule has 2 aromatic carbocycles. The van der Waals surface area contributed by atoms with E-state index in [2.05, 4.69) is 0 Å². The number of ether oxygens (including phenoxy) is 3. The van der Waals surface area contributed by atoms with Crippen molar-refractivity contribution in [2.24, 2.45) is 0 Å². The maximum absolute atomic E-state index is 12.6. The lowest BCUT2D eigenvalue weighted by molar-refractivity contribution is -0.118. The number of anilines is 1. The van der Waals surface area contributed by atoms with E-state index in [1.807, 2.05) is 12.1 Å². The van der Waals surface area contributed by atoms with Crippen molar-refractivity contribution in [3.05, 3.63) is 47.5 Å². The van der Waals surface area contributed by atoms with Gasteiger partial charge in [0, 0.05) is 18.1 Å². The molecule has 0 N–H and O–H groups in total. The fourth-order valence-electron chi connectivity index (χ4n) is 2.83. The fraction of sp³-hybridized carbons (Fsp3) is 0.300. The topological polar surface area (TPSA) is 65.1 Å². The Labute approximate surface area is 152 Å². The number of esters is 1. The zero-order chi connectivity index (χ0) is 18.7. The minimum atomic E-state index is -0.428. The molecule has 0 saturated carbocycles. The summed E-state index contributed by atoms with van der Waals surface area (Å²) in [6.45, 7) is 4.19. The van der Waals surface area contributed by atoms with Crippen LogP contribution in [0, 0.1) is 0 Å². The molecule has 0 atom stereocenters. The molecule has 6 heteroatoms. The van der Waals surface area contributed by atoms with Crippen molar-refractivity contribution < 1.29 is 23.8 Å². The Hall–Kier alpha value is -3.02. The molecule has 3 rings (SSSR count). The van der Waals surface area contributed by atoms with Crippen LogP contribution in [-0.2, 0) is 16.1 Å². The summed E-state index contributed by atoms with van der Waals surface area (Å²) in [5.41, 5.74) is 1.80. The minimum Gasteiger partial charge on any atom is -0.497 e. The smallest absolute Gasteiger partial charge is 0.338 e. The van der Waals surface area contributed by atoms with E-state index < -0.39 is 5.97 Å². The van der Waals surface area contributed by atoms with Crippen molar-refractivity contribution >= 4 is 17.6 Å². The highest BCUT2D eigenvalue weighted by Gasteiger charge is 2.26. The average molecular weight is 355 g/mol. The monoisotopic (exact) mass is 355 g/mol. The quantitative estimate of drug-likeness (QED) is 0.778. The summed E-state index contributed by atoms with van der Waals surface area (Å²) in [5.74, 6) is 1.32. The van der Waals surface area contributed by atoms with Crippen LogP contribution in [0.15, 0.2) is 36.4 Å². The molecule has 0 radical (unpaired) electrons. The van der Waals surface area contributed by atoms with Gasteiger partial charge in [0.1, 0.15) is 11.5 Å². The molecular formula is C20H21NO5. The molecule has 0 unspecified atom stereocenters. The van der Waals surface area contributed by atoms with Crippen molar-refractivity contribution in [3.63, 3.8) is 0 Å². The molecule has 0 aromatic heterocycles. The standard InChI is InChI=1S/C20H21NO5/c1-4-19(22)21-12-14-6-8-15(24-3)11-18(14)26-17-9-7-13(10-16(17)21)20(23)25-5-2/h6-11H,4-5,12H2,1-3H3. The van der Waals surface area contributed by atoms with Crippen molar-refractivity contribution in [1.29, 1.82) is 0 Å². The van der Waals surface area contributed by atoms with Crippen molar-refractivity contribution in [1.82, 2.24) is 0 Å². The van der Waals surface area contributed by atoms with E-state index in [0.717, 1.165) is 5.56 Å². The predicted octanol–water partition coefficient (Wildman–Crippen LogP) is 3.92. The van der Waals surface area contributed by atoms with E-state index >= 15 is 0 Å². The maximum atomic E-state index is 12.6. The van der Waals surface area contributed by atoms with Gasteiger partial charge in [0.25, 0.3) is 0 Å². The van der Waals surface area contributed by atoms with Crippen molar-refractivity contribution in [2.75, 3.05) is 18.6 Å². The van der Waals surface area contributed by atoms with E-state index in [-0.39, 0.29) is 12.5 Å². The Morgan fingerprint density at radius 3 is 2.62 bits per heavy atom. The van der Waals surface area contributed by atoms with Crippen LogP contribution in [0.4, 0.5) is 5.69 Å². The third-order valence-electron chi connectivity index (χ3n) is 4.19. The molecule has 0 fully saturated rings. The first-order valence-electron chi connectivity index (χ1n) is 8.53. The fourth-order valence-corrected chi connectivity index (χ4v) is 2.83. The molecule has 1 aliphatic heterocycles. The molecule has 0 bridgehead atoms. The average Bonchev–Trinajstić information content (AvgIpc) is 2.82. The van der Waals surface area contributed by atoms with Gasteiger partial charge < -0.3 is 19.1 Å². The lowest BCUT2D eigenvalue weighted by atomic mass is 10.1. The number of hydrogen-bond donors (Lipinski definition) is 0. The van der Waals surface area contributed by atoms with Gasteiger partial charge in [0.05, 0.1) is 31.5 Å². The molecular weight excluding hydrogens is 334 g/mol. The van der Waals surface area contributed by atoms with Gasteiger partial charge in [0.2, 0.25) is 5.91 Å². The number of nitrogens with zero attached hydrogens (tertiary/aromatic N) is 1. The van der Waals surface area contributed by atoms with Crippen LogP contribution in [-0.4, -0.2) is 25.6 Å². The van der Waals surface area contributed by atoms with Gasteiger partial charge >= 0.3 is 5.97 Å². The molecule has 136 valence electrons. The summed E-state index contributed by atoms with van der Waals surface area (Å²) in [7, 11) is 1.59. The highest BCUT2D eigenvalue weighted by atomic mass is 16.5. The Bertz CT molecular complexity index is 846. The van der Waals surface area contributed by atoms with Gasteiger partial charge in [-0.1, -0.05) is 6.92 Å². The SMILES string of the molecule is CCOC(=O)c1ccc2c(c1)N(C(=O)CC)Cc1ccc(OC)cc1O2. The zero-order valence-electron chi connectivity index (χ0n) is 15.1. The van der Waals surface area contributed by atoms with Gasteiger partial charge in [-0.25, -0.2) is 4.79 Å². The summed E-state index contributed by atoms with van der Waals surface area (Å²) < 4.78 is 16.4. The molecule has 1 heterocycles. The number of carbonyl (C=O) groups is 2. The molecule has 6 nitrogen and oxygen atoms in total. The van der Waals surface area contributed by atoms with Crippen molar-refractivity contribution in [3.8, 4) is 17.2 Å². The third kappa shape index (κ3) is 3.35. The van der Waals surface area contributed by atoms with Crippen LogP contribution in [0.25, 0.3) is 0 Å². The highest BCUT2D eigenvalue weighted by Crippen LogP contribution is 2.41. The van der Waals surface area contributed by atoms with Gasteiger partial charge in [-0.2, -0.15) is 0 Å². The van der Waals surface area contributed by atoms with Crippen LogP contribution < -0.4 is 14.4 Å².